The van der Waals surface area contributed by atoms with Crippen LogP contribution in [-0.4, -0.2) is 90.3 Å². The molecule has 4 atom stereocenters. The maximum Gasteiger partial charge on any atom is 0.249 e. The van der Waals surface area contributed by atoms with Crippen molar-refractivity contribution in [2.45, 2.75) is 58.0 Å². The zero-order chi connectivity index (χ0) is 26.4. The van der Waals surface area contributed by atoms with Gasteiger partial charge in [-0.05, 0) is 43.0 Å². The second-order valence-electron chi connectivity index (χ2n) is 9.42. The van der Waals surface area contributed by atoms with Gasteiger partial charge in [-0.1, -0.05) is 13.8 Å². The molecule has 0 fully saturated rings. The molecular formula is C26H38N2O8. The Labute approximate surface area is 211 Å². The Morgan fingerprint density at radius 2 is 2.00 bits per heavy atom. The van der Waals surface area contributed by atoms with Crippen LogP contribution >= 0.6 is 0 Å². The summed E-state index contributed by atoms with van der Waals surface area (Å²) in [6, 6.07) is 2.56. The van der Waals surface area contributed by atoms with Crippen molar-refractivity contribution in [3.05, 3.63) is 34.9 Å². The molecule has 0 radical (unpaired) electrons. The number of ether oxygens (including phenoxy) is 3. The van der Waals surface area contributed by atoms with E-state index in [1.54, 1.807) is 30.0 Å². The van der Waals surface area contributed by atoms with E-state index in [1.807, 2.05) is 13.8 Å². The van der Waals surface area contributed by atoms with Gasteiger partial charge in [-0.3, -0.25) is 9.59 Å². The van der Waals surface area contributed by atoms with E-state index in [4.69, 9.17) is 14.2 Å². The quantitative estimate of drug-likeness (QED) is 0.325. The normalized spacial score (nSPS) is 22.4. The minimum atomic E-state index is -1.14. The van der Waals surface area contributed by atoms with Gasteiger partial charge in [0.05, 0.1) is 32.3 Å². The summed E-state index contributed by atoms with van der Waals surface area (Å²) < 4.78 is 17.0. The Kier molecular flexibility index (Phi) is 9.72. The minimum Gasteiger partial charge on any atom is -0.493 e. The van der Waals surface area contributed by atoms with Gasteiger partial charge in [0.15, 0.2) is 11.5 Å². The zero-order valence-corrected chi connectivity index (χ0v) is 21.4. The van der Waals surface area contributed by atoms with E-state index in [2.05, 4.69) is 5.32 Å². The van der Waals surface area contributed by atoms with Crippen molar-refractivity contribution in [2.24, 2.45) is 5.92 Å². The largest absolute Gasteiger partial charge is 0.493 e. The predicted molar refractivity (Wildman–Crippen MR) is 132 cm³/mol. The highest BCUT2D eigenvalue weighted by Crippen LogP contribution is 2.51. The first-order chi connectivity index (χ1) is 17.3. The molecule has 1 aromatic carbocycles. The third-order valence-electron chi connectivity index (χ3n) is 6.55. The fourth-order valence-electron chi connectivity index (χ4n) is 4.73. The molecule has 3 rings (SSSR count). The summed E-state index contributed by atoms with van der Waals surface area (Å²) in [5.41, 5.74) is 1.51. The smallest absolute Gasteiger partial charge is 0.249 e. The molecule has 0 aromatic heterocycles. The topological polar surface area (TPSA) is 138 Å². The first-order valence-corrected chi connectivity index (χ1v) is 12.4. The Morgan fingerprint density at radius 1 is 1.25 bits per heavy atom. The van der Waals surface area contributed by atoms with Gasteiger partial charge in [0.2, 0.25) is 11.8 Å². The summed E-state index contributed by atoms with van der Waals surface area (Å²) in [5.74, 6) is -0.290. The van der Waals surface area contributed by atoms with Gasteiger partial charge in [0, 0.05) is 30.8 Å². The summed E-state index contributed by atoms with van der Waals surface area (Å²) in [6.07, 6.45) is 0.314. The van der Waals surface area contributed by atoms with E-state index in [1.165, 1.54) is 7.11 Å². The van der Waals surface area contributed by atoms with Crippen LogP contribution in [-0.2, 0) is 20.9 Å². The van der Waals surface area contributed by atoms with Crippen LogP contribution in [0.3, 0.4) is 0 Å². The van der Waals surface area contributed by atoms with Gasteiger partial charge >= 0.3 is 0 Å². The van der Waals surface area contributed by atoms with Crippen molar-refractivity contribution in [1.29, 1.82) is 0 Å². The number of benzene rings is 1. The van der Waals surface area contributed by atoms with Gasteiger partial charge in [0.1, 0.15) is 18.8 Å². The number of rotatable bonds is 12. The molecule has 10 nitrogen and oxygen atoms in total. The zero-order valence-electron chi connectivity index (χ0n) is 21.4. The molecule has 200 valence electrons. The minimum absolute atomic E-state index is 0.0504. The molecule has 1 aliphatic carbocycles. The second kappa shape index (κ2) is 12.5. The van der Waals surface area contributed by atoms with Crippen LogP contribution in [0, 0.1) is 5.92 Å². The lowest BCUT2D eigenvalue weighted by Crippen LogP contribution is -2.56. The summed E-state index contributed by atoms with van der Waals surface area (Å²) in [4.78, 5) is 28.0. The van der Waals surface area contributed by atoms with Gasteiger partial charge in [0.25, 0.3) is 0 Å². The number of methoxy groups -OCH3 is 1. The van der Waals surface area contributed by atoms with Crippen molar-refractivity contribution >= 4 is 11.8 Å². The van der Waals surface area contributed by atoms with Crippen LogP contribution in [0.25, 0.3) is 0 Å². The third kappa shape index (κ3) is 5.83. The Morgan fingerprint density at radius 3 is 2.61 bits per heavy atom. The standard InChI is InChI=1S/C26H38N2O8/c1-5-35-14-21(31)28(8-6-15(2)3)19-12-18(26(33)27-7-9-29)22-17-10-16(13-30)11-20(34-4)24(17)36-25(22)23(19)32/h10-12,15,19,22-23,25,29-30,32H,5-9,13-14H2,1-4H3,(H,27,33)/t19-,22+,23+,25+/m1/s1. The number of nitrogens with zero attached hydrogens (tertiary/aromatic N) is 1. The molecular weight excluding hydrogens is 468 g/mol. The molecule has 2 amide bonds. The average molecular weight is 507 g/mol. The second-order valence-corrected chi connectivity index (χ2v) is 9.42. The molecule has 1 aromatic rings. The Bertz CT molecular complexity index is 964. The van der Waals surface area contributed by atoms with Crippen LogP contribution in [0.5, 0.6) is 11.5 Å². The SMILES string of the molecule is CCOCC(=O)N(CCC(C)C)[C@@H]1C=C(C(=O)NCCO)[C@@H]2c3cc(CO)cc(OC)c3O[C@@H]2[C@H]1O. The summed E-state index contributed by atoms with van der Waals surface area (Å²) in [6.45, 7) is 6.07. The van der Waals surface area contributed by atoms with Crippen LogP contribution in [0.1, 0.15) is 44.2 Å². The van der Waals surface area contributed by atoms with E-state index >= 15 is 0 Å². The van der Waals surface area contributed by atoms with E-state index in [9.17, 15) is 24.9 Å². The molecule has 0 unspecified atom stereocenters. The van der Waals surface area contributed by atoms with Crippen LogP contribution in [0.2, 0.25) is 0 Å². The van der Waals surface area contributed by atoms with Gasteiger partial charge < -0.3 is 39.7 Å². The van der Waals surface area contributed by atoms with E-state index in [0.29, 0.717) is 53.7 Å². The van der Waals surface area contributed by atoms with Crippen molar-refractivity contribution in [3.8, 4) is 11.5 Å². The molecule has 0 saturated heterocycles. The number of fused-ring (bicyclic) bond motifs is 3. The number of aliphatic hydroxyl groups excluding tert-OH is 3. The van der Waals surface area contributed by atoms with Crippen molar-refractivity contribution in [3.63, 3.8) is 0 Å². The number of hydrogen-bond donors (Lipinski definition) is 4. The van der Waals surface area contributed by atoms with E-state index in [0.717, 1.165) is 0 Å². The Balaban J connectivity index is 2.09. The first-order valence-electron chi connectivity index (χ1n) is 12.4. The van der Waals surface area contributed by atoms with Crippen molar-refractivity contribution in [1.82, 2.24) is 10.2 Å². The molecule has 36 heavy (non-hydrogen) atoms. The highest BCUT2D eigenvalue weighted by Gasteiger charge is 2.51. The number of hydrogen-bond acceptors (Lipinski definition) is 8. The number of carbonyl (C=O) groups is 2. The van der Waals surface area contributed by atoms with Crippen LogP contribution < -0.4 is 14.8 Å². The highest BCUT2D eigenvalue weighted by molar-refractivity contribution is 5.96. The molecule has 0 bridgehead atoms. The lowest BCUT2D eigenvalue weighted by molar-refractivity contribution is -0.142. The predicted octanol–water partition coefficient (Wildman–Crippen LogP) is 0.721. The molecule has 2 aliphatic rings. The molecule has 1 heterocycles. The van der Waals surface area contributed by atoms with Crippen LogP contribution in [0.15, 0.2) is 23.8 Å². The van der Waals surface area contributed by atoms with Crippen molar-refractivity contribution < 1.29 is 39.1 Å². The average Bonchev–Trinajstić information content (AvgIpc) is 3.26. The van der Waals surface area contributed by atoms with E-state index < -0.39 is 30.1 Å². The molecule has 1 aliphatic heterocycles. The summed E-state index contributed by atoms with van der Waals surface area (Å²) in [5, 5.41) is 33.2. The van der Waals surface area contributed by atoms with Gasteiger partial charge in [-0.2, -0.15) is 0 Å². The fraction of sp³-hybridized carbons (Fsp3) is 0.615. The first kappa shape index (κ1) is 27.9. The van der Waals surface area contributed by atoms with Crippen molar-refractivity contribution in [2.75, 3.05) is 40.0 Å². The highest BCUT2D eigenvalue weighted by atomic mass is 16.5. The summed E-state index contributed by atoms with van der Waals surface area (Å²) in [7, 11) is 1.48. The third-order valence-corrected chi connectivity index (χ3v) is 6.55. The van der Waals surface area contributed by atoms with E-state index in [-0.39, 0.29) is 32.3 Å². The Hall–Kier alpha value is -2.66. The van der Waals surface area contributed by atoms with Gasteiger partial charge in [-0.15, -0.1) is 0 Å². The molecule has 4 N–H and O–H groups in total. The lowest BCUT2D eigenvalue weighted by atomic mass is 9.77. The monoisotopic (exact) mass is 506 g/mol. The summed E-state index contributed by atoms with van der Waals surface area (Å²) >= 11 is 0. The molecule has 10 heteroatoms. The maximum atomic E-state index is 13.3. The number of nitrogens with one attached hydrogen (secondary N) is 1. The number of carbonyl (C=O) groups excluding carboxylic acids is 2. The number of aliphatic hydroxyl groups is 3. The van der Waals surface area contributed by atoms with Crippen LogP contribution in [0.4, 0.5) is 0 Å². The number of amides is 2. The molecule has 0 spiro atoms. The fourth-order valence-corrected chi connectivity index (χ4v) is 4.73. The van der Waals surface area contributed by atoms with Gasteiger partial charge in [-0.25, -0.2) is 0 Å². The maximum absolute atomic E-state index is 13.3. The molecule has 0 saturated carbocycles. The lowest BCUT2D eigenvalue weighted by Gasteiger charge is -2.41.